The molecular weight excluding hydrogens is 520 g/mol. The lowest BCUT2D eigenvalue weighted by atomic mass is 9.85. The van der Waals surface area contributed by atoms with Crippen LogP contribution in [-0.2, 0) is 10.0 Å². The van der Waals surface area contributed by atoms with Crippen molar-refractivity contribution in [3.63, 3.8) is 0 Å². The Hall–Kier alpha value is -2.77. The number of piperidine rings is 1. The van der Waals surface area contributed by atoms with Gasteiger partial charge in [0.2, 0.25) is 0 Å². The smallest absolute Gasteiger partial charge is 0.391 e. The summed E-state index contributed by atoms with van der Waals surface area (Å²) in [6.07, 6.45) is -1.22. The van der Waals surface area contributed by atoms with Crippen LogP contribution >= 0.6 is 11.3 Å². The molecule has 0 spiro atoms. The van der Waals surface area contributed by atoms with Crippen molar-refractivity contribution in [2.75, 3.05) is 17.9 Å². The van der Waals surface area contributed by atoms with Crippen LogP contribution in [-0.4, -0.2) is 42.6 Å². The van der Waals surface area contributed by atoms with E-state index in [-0.39, 0.29) is 36.9 Å². The van der Waals surface area contributed by atoms with Gasteiger partial charge in [-0.05, 0) is 31.0 Å². The van der Waals surface area contributed by atoms with Crippen molar-refractivity contribution < 1.29 is 30.7 Å². The maximum absolute atomic E-state index is 15.2. The van der Waals surface area contributed by atoms with Crippen molar-refractivity contribution in [1.29, 1.82) is 0 Å². The van der Waals surface area contributed by atoms with Crippen molar-refractivity contribution >= 4 is 26.5 Å². The van der Waals surface area contributed by atoms with E-state index in [2.05, 4.69) is 14.7 Å². The molecule has 0 aliphatic carbocycles. The van der Waals surface area contributed by atoms with Gasteiger partial charge in [-0.2, -0.15) is 13.2 Å². The molecule has 192 valence electrons. The molecule has 2 aromatic heterocycles. The first kappa shape index (κ1) is 24.9. The van der Waals surface area contributed by atoms with E-state index < -0.39 is 44.9 Å². The van der Waals surface area contributed by atoms with E-state index in [0.29, 0.717) is 17.7 Å². The molecule has 1 N–H and O–H groups in total. The number of ether oxygens (including phenoxy) is 1. The Balaban J connectivity index is 1.49. The summed E-state index contributed by atoms with van der Waals surface area (Å²) >= 11 is 1.05. The number of nitrogens with one attached hydrogen (secondary N) is 1. The highest BCUT2D eigenvalue weighted by atomic mass is 32.2. The third kappa shape index (κ3) is 4.91. The molecule has 3 atom stereocenters. The fourth-order valence-electron chi connectivity index (χ4n) is 4.88. The van der Waals surface area contributed by atoms with Crippen LogP contribution in [0.1, 0.15) is 42.6 Å². The number of fused-ring (bicyclic) bond motifs is 1. The Labute approximate surface area is 209 Å². The number of alkyl halides is 3. The van der Waals surface area contributed by atoms with Crippen LogP contribution in [0.25, 0.3) is 0 Å². The summed E-state index contributed by atoms with van der Waals surface area (Å²) < 4.78 is 89.6. The Morgan fingerprint density at radius 3 is 2.64 bits per heavy atom. The van der Waals surface area contributed by atoms with Crippen LogP contribution in [0.5, 0.6) is 5.75 Å². The number of likely N-dealkylation sites (tertiary alicyclic amines) is 1. The number of sulfonamides is 1. The molecule has 0 amide bonds. The average molecular weight is 543 g/mol. The number of halogens is 4. The zero-order valence-corrected chi connectivity index (χ0v) is 20.4. The fraction of sp³-hybridized carbons (Fsp3) is 0.391. The molecule has 36 heavy (non-hydrogen) atoms. The van der Waals surface area contributed by atoms with Crippen LogP contribution in [0.4, 0.5) is 22.7 Å². The Morgan fingerprint density at radius 1 is 1.11 bits per heavy atom. The highest BCUT2D eigenvalue weighted by Gasteiger charge is 2.47. The largest absolute Gasteiger partial charge is 0.493 e. The molecule has 5 rings (SSSR count). The van der Waals surface area contributed by atoms with Crippen LogP contribution in [0.2, 0.25) is 0 Å². The average Bonchev–Trinajstić information content (AvgIpc) is 3.35. The zero-order valence-electron chi connectivity index (χ0n) is 18.8. The molecule has 1 unspecified atom stereocenters. The molecule has 2 aliphatic heterocycles. The predicted octanol–water partition coefficient (Wildman–Crippen LogP) is 5.32. The molecular formula is C23H22F4N4O3S2. The van der Waals surface area contributed by atoms with Gasteiger partial charge in [0.25, 0.3) is 10.0 Å². The molecule has 3 aromatic rings. The van der Waals surface area contributed by atoms with Gasteiger partial charge < -0.3 is 4.74 Å². The SMILES string of the molecule is O=S(=O)(Nc1nccs1)c1cc2c(cc1F)C(N1CC[C@@H](C(F)(F)F)C[C@H]1c1ccccn1)CCO2. The number of nitrogens with zero attached hydrogens (tertiary/aromatic N) is 3. The number of hydrogen-bond acceptors (Lipinski definition) is 7. The summed E-state index contributed by atoms with van der Waals surface area (Å²) in [6.45, 7) is 0.333. The number of benzene rings is 1. The topological polar surface area (TPSA) is 84.4 Å². The van der Waals surface area contributed by atoms with Crippen molar-refractivity contribution in [3.8, 4) is 5.75 Å². The molecule has 1 fully saturated rings. The van der Waals surface area contributed by atoms with E-state index in [9.17, 15) is 21.6 Å². The first-order chi connectivity index (χ1) is 17.1. The lowest BCUT2D eigenvalue weighted by Crippen LogP contribution is -2.44. The molecule has 2 aliphatic rings. The van der Waals surface area contributed by atoms with E-state index >= 15 is 4.39 Å². The van der Waals surface area contributed by atoms with E-state index in [4.69, 9.17) is 4.74 Å². The second-order valence-electron chi connectivity index (χ2n) is 8.69. The van der Waals surface area contributed by atoms with Gasteiger partial charge in [0.1, 0.15) is 16.5 Å². The summed E-state index contributed by atoms with van der Waals surface area (Å²) in [5.41, 5.74) is 0.908. The molecule has 4 heterocycles. The molecule has 1 saturated heterocycles. The summed E-state index contributed by atoms with van der Waals surface area (Å²) in [7, 11) is -4.27. The highest BCUT2D eigenvalue weighted by molar-refractivity contribution is 7.93. The number of hydrogen-bond donors (Lipinski definition) is 1. The molecule has 1 aromatic carbocycles. The van der Waals surface area contributed by atoms with Gasteiger partial charge in [-0.25, -0.2) is 17.8 Å². The Bertz CT molecular complexity index is 1320. The predicted molar refractivity (Wildman–Crippen MR) is 125 cm³/mol. The Kier molecular flexibility index (Phi) is 6.64. The summed E-state index contributed by atoms with van der Waals surface area (Å²) in [4.78, 5) is 9.49. The first-order valence-electron chi connectivity index (χ1n) is 11.3. The number of thiazole rings is 1. The third-order valence-corrected chi connectivity index (χ3v) is 8.72. The van der Waals surface area contributed by atoms with Crippen LogP contribution < -0.4 is 9.46 Å². The van der Waals surface area contributed by atoms with E-state index in [1.807, 2.05) is 4.90 Å². The first-order valence-corrected chi connectivity index (χ1v) is 13.6. The molecule has 13 heteroatoms. The quantitative estimate of drug-likeness (QED) is 0.440. The van der Waals surface area contributed by atoms with Gasteiger partial charge in [0.15, 0.2) is 5.13 Å². The minimum atomic E-state index is -4.33. The summed E-state index contributed by atoms with van der Waals surface area (Å²) in [5, 5.41) is 1.67. The second kappa shape index (κ2) is 9.60. The standard InChI is InChI=1S/C23H22F4N4O3S2/c24-16-12-15-18(5-9-34-20(15)13-21(16)36(32,33)30-22-29-7-10-35-22)31-8-4-14(23(25,26)27)11-19(31)17-3-1-2-6-28-17/h1-3,6-7,10,12-14,18-19H,4-5,8-9,11H2,(H,29,30)/t14-,18?,19+/m1/s1. The van der Waals surface area contributed by atoms with Gasteiger partial charge in [0.05, 0.1) is 24.3 Å². The fourth-order valence-corrected chi connectivity index (χ4v) is 6.75. The second-order valence-corrected chi connectivity index (χ2v) is 11.2. The molecule has 0 bridgehead atoms. The summed E-state index contributed by atoms with van der Waals surface area (Å²) in [5.74, 6) is -2.26. The van der Waals surface area contributed by atoms with Crippen LogP contribution in [0.3, 0.4) is 0 Å². The number of anilines is 1. The molecule has 0 saturated carbocycles. The minimum absolute atomic E-state index is 0.0911. The van der Waals surface area contributed by atoms with E-state index in [1.165, 1.54) is 12.4 Å². The minimum Gasteiger partial charge on any atom is -0.493 e. The number of rotatable bonds is 5. The van der Waals surface area contributed by atoms with Crippen LogP contribution in [0.15, 0.2) is 53.0 Å². The number of aromatic nitrogens is 2. The van der Waals surface area contributed by atoms with E-state index in [0.717, 1.165) is 23.5 Å². The monoisotopic (exact) mass is 542 g/mol. The van der Waals surface area contributed by atoms with Gasteiger partial charge >= 0.3 is 6.18 Å². The van der Waals surface area contributed by atoms with Crippen molar-refractivity contribution in [1.82, 2.24) is 14.9 Å². The summed E-state index contributed by atoms with van der Waals surface area (Å²) in [6, 6.07) is 6.25. The Morgan fingerprint density at radius 2 is 1.94 bits per heavy atom. The van der Waals surface area contributed by atoms with Crippen molar-refractivity contribution in [2.24, 2.45) is 5.92 Å². The van der Waals surface area contributed by atoms with Crippen molar-refractivity contribution in [2.45, 2.75) is 42.4 Å². The number of pyridine rings is 1. The highest BCUT2D eigenvalue weighted by Crippen LogP contribution is 2.48. The lowest BCUT2D eigenvalue weighted by molar-refractivity contribution is -0.192. The maximum atomic E-state index is 15.2. The van der Waals surface area contributed by atoms with E-state index in [1.54, 1.807) is 23.6 Å². The van der Waals surface area contributed by atoms with Gasteiger partial charge in [-0.1, -0.05) is 6.07 Å². The third-order valence-electron chi connectivity index (χ3n) is 6.55. The molecule has 0 radical (unpaired) electrons. The van der Waals surface area contributed by atoms with Crippen molar-refractivity contribution in [3.05, 3.63) is 65.2 Å². The van der Waals surface area contributed by atoms with Gasteiger partial charge in [0, 0.05) is 48.4 Å². The normalized spacial score (nSPS) is 23.1. The van der Waals surface area contributed by atoms with Crippen LogP contribution in [0, 0.1) is 11.7 Å². The zero-order chi connectivity index (χ0) is 25.5. The molecule has 7 nitrogen and oxygen atoms in total. The lowest BCUT2D eigenvalue weighted by Gasteiger charge is -2.45. The van der Waals surface area contributed by atoms with Gasteiger partial charge in [-0.15, -0.1) is 11.3 Å². The van der Waals surface area contributed by atoms with Gasteiger partial charge in [-0.3, -0.25) is 14.6 Å². The maximum Gasteiger partial charge on any atom is 0.391 e.